The lowest BCUT2D eigenvalue weighted by Gasteiger charge is -2.17. The Bertz CT molecular complexity index is 655. The molecule has 0 atom stereocenters. The summed E-state index contributed by atoms with van der Waals surface area (Å²) in [4.78, 5) is 24.6. The molecular formula is C11H8ClN5O2. The molecule has 1 aliphatic heterocycles. The Balaban J connectivity index is 2.12. The number of tetrazole rings is 1. The molecule has 2 aromatic rings. The van der Waals surface area contributed by atoms with Crippen LogP contribution in [0.25, 0.3) is 11.4 Å². The predicted octanol–water partition coefficient (Wildman–Crippen LogP) is 0.826. The van der Waals surface area contributed by atoms with E-state index in [2.05, 4.69) is 20.6 Å². The van der Waals surface area contributed by atoms with Crippen molar-refractivity contribution in [3.8, 4) is 11.4 Å². The number of benzene rings is 1. The molecule has 0 unspecified atom stereocenters. The monoisotopic (exact) mass is 277 g/mol. The molecule has 0 spiro atoms. The number of hydrogen-bond donors (Lipinski definition) is 1. The summed E-state index contributed by atoms with van der Waals surface area (Å²) in [7, 11) is 0. The molecule has 1 N–H and O–H groups in total. The van der Waals surface area contributed by atoms with E-state index >= 15 is 0 Å². The fourth-order valence-electron chi connectivity index (χ4n) is 2.00. The quantitative estimate of drug-likeness (QED) is 0.821. The van der Waals surface area contributed by atoms with Crippen LogP contribution in [0.4, 0.5) is 5.69 Å². The number of rotatable bonds is 2. The summed E-state index contributed by atoms with van der Waals surface area (Å²) in [5.74, 6) is -0.0279. The van der Waals surface area contributed by atoms with Gasteiger partial charge in [0.15, 0.2) is 5.78 Å². The van der Waals surface area contributed by atoms with E-state index in [-0.39, 0.29) is 24.7 Å². The zero-order chi connectivity index (χ0) is 13.4. The molecular weight excluding hydrogens is 270 g/mol. The Morgan fingerprint density at radius 3 is 2.79 bits per heavy atom. The molecule has 1 fully saturated rings. The fraction of sp³-hybridized carbons (Fsp3) is 0.182. The second-order valence-corrected chi connectivity index (χ2v) is 4.53. The molecule has 1 aliphatic rings. The number of carbonyl (C=O) groups is 2. The first-order chi connectivity index (χ1) is 9.15. The minimum Gasteiger partial charge on any atom is -0.304 e. The first-order valence-electron chi connectivity index (χ1n) is 5.50. The van der Waals surface area contributed by atoms with Crippen LogP contribution < -0.4 is 4.90 Å². The number of anilines is 1. The maximum atomic E-state index is 11.8. The molecule has 1 saturated heterocycles. The van der Waals surface area contributed by atoms with Gasteiger partial charge in [-0.1, -0.05) is 11.6 Å². The summed E-state index contributed by atoms with van der Waals surface area (Å²) in [6.45, 7) is 0.0457. The van der Waals surface area contributed by atoms with Crippen LogP contribution in [0.5, 0.6) is 0 Å². The summed E-state index contributed by atoms with van der Waals surface area (Å²) in [6, 6.07) is 4.97. The molecule has 3 rings (SSSR count). The Hall–Kier alpha value is -2.28. The van der Waals surface area contributed by atoms with Crippen molar-refractivity contribution in [3.63, 3.8) is 0 Å². The van der Waals surface area contributed by atoms with Gasteiger partial charge in [-0.25, -0.2) is 0 Å². The molecule has 0 aliphatic carbocycles. The standard InChI is InChI=1S/C11H8ClN5O2/c12-6-1-2-8(11-13-15-16-14-11)9(3-6)17-5-7(18)4-10(17)19/h1-3H,4-5H2,(H,13,14,15,16). The van der Waals surface area contributed by atoms with Crippen LogP contribution >= 0.6 is 11.6 Å². The van der Waals surface area contributed by atoms with Crippen molar-refractivity contribution < 1.29 is 9.59 Å². The van der Waals surface area contributed by atoms with E-state index in [9.17, 15) is 9.59 Å². The topological polar surface area (TPSA) is 91.8 Å². The SMILES string of the molecule is O=C1CC(=O)N(c2cc(Cl)ccc2-c2nn[nH]n2)C1. The first-order valence-corrected chi connectivity index (χ1v) is 5.88. The number of aromatic nitrogens is 4. The van der Waals surface area contributed by atoms with Gasteiger partial charge in [0.1, 0.15) is 0 Å². The number of halogens is 1. The van der Waals surface area contributed by atoms with E-state index in [1.54, 1.807) is 18.2 Å². The number of hydrogen-bond acceptors (Lipinski definition) is 5. The zero-order valence-electron chi connectivity index (χ0n) is 9.63. The van der Waals surface area contributed by atoms with Crippen LogP contribution in [0.1, 0.15) is 6.42 Å². The maximum Gasteiger partial charge on any atom is 0.234 e. The Morgan fingerprint density at radius 1 is 1.32 bits per heavy atom. The molecule has 2 heterocycles. The van der Waals surface area contributed by atoms with E-state index in [4.69, 9.17) is 11.6 Å². The molecule has 8 heteroatoms. The minimum absolute atomic E-state index is 0.0457. The molecule has 7 nitrogen and oxygen atoms in total. The first kappa shape index (κ1) is 11.8. The van der Waals surface area contributed by atoms with Crippen molar-refractivity contribution in [1.82, 2.24) is 20.6 Å². The van der Waals surface area contributed by atoms with Crippen LogP contribution in [0.2, 0.25) is 5.02 Å². The molecule has 0 bridgehead atoms. The maximum absolute atomic E-state index is 11.8. The zero-order valence-corrected chi connectivity index (χ0v) is 10.4. The highest BCUT2D eigenvalue weighted by Gasteiger charge is 2.31. The van der Waals surface area contributed by atoms with Crippen LogP contribution in [0.3, 0.4) is 0 Å². The average molecular weight is 278 g/mol. The van der Waals surface area contributed by atoms with E-state index in [0.29, 0.717) is 22.1 Å². The summed E-state index contributed by atoms with van der Waals surface area (Å²) in [5, 5.41) is 14.1. The highest BCUT2D eigenvalue weighted by atomic mass is 35.5. The number of ketones is 1. The van der Waals surface area contributed by atoms with Gasteiger partial charge in [0, 0.05) is 10.6 Å². The van der Waals surface area contributed by atoms with Crippen molar-refractivity contribution in [1.29, 1.82) is 0 Å². The molecule has 0 radical (unpaired) electrons. The van der Waals surface area contributed by atoms with Gasteiger partial charge in [-0.15, -0.1) is 10.2 Å². The molecule has 1 aromatic carbocycles. The molecule has 19 heavy (non-hydrogen) atoms. The van der Waals surface area contributed by atoms with Gasteiger partial charge in [-0.3, -0.25) is 9.59 Å². The van der Waals surface area contributed by atoms with E-state index in [0.717, 1.165) is 0 Å². The van der Waals surface area contributed by atoms with Crippen molar-refractivity contribution in [2.75, 3.05) is 11.4 Å². The summed E-state index contributed by atoms with van der Waals surface area (Å²) >= 11 is 5.95. The van der Waals surface area contributed by atoms with Crippen LogP contribution in [0.15, 0.2) is 18.2 Å². The second kappa shape index (κ2) is 4.43. The number of amides is 1. The van der Waals surface area contributed by atoms with Crippen molar-refractivity contribution in [3.05, 3.63) is 23.2 Å². The molecule has 96 valence electrons. The van der Waals surface area contributed by atoms with Crippen LogP contribution in [-0.4, -0.2) is 38.9 Å². The lowest BCUT2D eigenvalue weighted by molar-refractivity contribution is -0.121. The largest absolute Gasteiger partial charge is 0.304 e. The minimum atomic E-state index is -0.253. The number of aromatic amines is 1. The van der Waals surface area contributed by atoms with Gasteiger partial charge in [0.05, 0.1) is 18.7 Å². The Kier molecular flexibility index (Phi) is 2.75. The van der Waals surface area contributed by atoms with E-state index < -0.39 is 0 Å². The third kappa shape index (κ3) is 2.08. The van der Waals surface area contributed by atoms with Gasteiger partial charge in [0.2, 0.25) is 11.7 Å². The van der Waals surface area contributed by atoms with Gasteiger partial charge >= 0.3 is 0 Å². The average Bonchev–Trinajstić information content (AvgIpc) is 2.99. The number of H-pyrrole nitrogens is 1. The third-order valence-corrected chi connectivity index (χ3v) is 3.06. The second-order valence-electron chi connectivity index (χ2n) is 4.09. The van der Waals surface area contributed by atoms with Crippen molar-refractivity contribution in [2.45, 2.75) is 6.42 Å². The van der Waals surface area contributed by atoms with Crippen molar-refractivity contribution >= 4 is 29.0 Å². The molecule has 0 saturated carbocycles. The smallest absolute Gasteiger partial charge is 0.234 e. The summed E-state index contributed by atoms with van der Waals surface area (Å²) < 4.78 is 0. The summed E-state index contributed by atoms with van der Waals surface area (Å²) in [6.07, 6.45) is -0.0851. The van der Waals surface area contributed by atoms with Crippen LogP contribution in [0, 0.1) is 0 Å². The van der Waals surface area contributed by atoms with Crippen LogP contribution in [-0.2, 0) is 9.59 Å². The van der Waals surface area contributed by atoms with E-state index in [1.165, 1.54) is 4.90 Å². The molecule has 1 aromatic heterocycles. The summed E-state index contributed by atoms with van der Waals surface area (Å²) in [5.41, 5.74) is 1.12. The van der Waals surface area contributed by atoms with Crippen molar-refractivity contribution in [2.24, 2.45) is 0 Å². The number of nitrogens with zero attached hydrogens (tertiary/aromatic N) is 4. The highest BCUT2D eigenvalue weighted by molar-refractivity contribution is 6.31. The fourth-order valence-corrected chi connectivity index (χ4v) is 2.16. The van der Waals surface area contributed by atoms with Gasteiger partial charge in [0.25, 0.3) is 0 Å². The Morgan fingerprint density at radius 2 is 2.16 bits per heavy atom. The van der Waals surface area contributed by atoms with Gasteiger partial charge in [-0.2, -0.15) is 5.21 Å². The Labute approximate surface area is 112 Å². The lowest BCUT2D eigenvalue weighted by atomic mass is 10.1. The predicted molar refractivity (Wildman–Crippen MR) is 66.6 cm³/mol. The highest BCUT2D eigenvalue weighted by Crippen LogP contribution is 2.32. The van der Waals surface area contributed by atoms with Gasteiger partial charge < -0.3 is 4.90 Å². The number of Topliss-reactive ketones (excluding diaryl/α,β-unsaturated/α-hetero) is 1. The normalized spacial score (nSPS) is 15.3. The number of nitrogens with one attached hydrogen (secondary N) is 1. The van der Waals surface area contributed by atoms with Gasteiger partial charge in [-0.05, 0) is 23.4 Å². The third-order valence-electron chi connectivity index (χ3n) is 2.82. The lowest BCUT2D eigenvalue weighted by Crippen LogP contribution is -2.25. The van der Waals surface area contributed by atoms with E-state index in [1.807, 2.05) is 0 Å². The number of carbonyl (C=O) groups excluding carboxylic acids is 2. The molecule has 1 amide bonds.